The fourth-order valence-electron chi connectivity index (χ4n) is 1.89. The Balaban J connectivity index is 1.86. The molecule has 0 unspecified atom stereocenters. The Morgan fingerprint density at radius 1 is 0.952 bits per heavy atom. The lowest BCUT2D eigenvalue weighted by atomic mass is 10.1. The zero-order valence-electron chi connectivity index (χ0n) is 11.4. The van der Waals surface area contributed by atoms with E-state index in [1.54, 1.807) is 12.1 Å². The highest BCUT2D eigenvalue weighted by Gasteiger charge is 2.10. The third-order valence-electron chi connectivity index (χ3n) is 2.99. The molecule has 0 aliphatic rings. The average Bonchev–Trinajstić information content (AvgIpc) is 2.43. The summed E-state index contributed by atoms with van der Waals surface area (Å²) >= 11 is 0. The van der Waals surface area contributed by atoms with Gasteiger partial charge in [0.15, 0.2) is 0 Å². The predicted octanol–water partition coefficient (Wildman–Crippen LogP) is 2.07. The molecule has 0 radical (unpaired) electrons. The molecule has 0 heterocycles. The fraction of sp³-hybridized carbons (Fsp3) is 0.200. The highest BCUT2D eigenvalue weighted by molar-refractivity contribution is 7.88. The van der Waals surface area contributed by atoms with Crippen molar-refractivity contribution < 1.29 is 12.8 Å². The maximum Gasteiger partial charge on any atom is 0.215 e. The normalized spacial score (nSPS) is 11.5. The first-order valence-electron chi connectivity index (χ1n) is 6.51. The number of nitrogens with one attached hydrogen (secondary N) is 1. The van der Waals surface area contributed by atoms with Gasteiger partial charge in [-0.2, -0.15) is 0 Å². The molecular formula is C15H17FN2O2S. The average molecular weight is 308 g/mol. The maximum atomic E-state index is 12.8. The Morgan fingerprint density at radius 2 is 1.52 bits per heavy atom. The van der Waals surface area contributed by atoms with Crippen molar-refractivity contribution in [3.05, 3.63) is 65.5 Å². The molecule has 0 bridgehead atoms. The molecule has 0 aromatic heterocycles. The summed E-state index contributed by atoms with van der Waals surface area (Å²) in [6.07, 6.45) is 0.586. The van der Waals surface area contributed by atoms with Crippen LogP contribution in [0.5, 0.6) is 0 Å². The zero-order chi connectivity index (χ0) is 15.3. The molecular weight excluding hydrogens is 291 g/mol. The van der Waals surface area contributed by atoms with Gasteiger partial charge >= 0.3 is 0 Å². The summed E-state index contributed by atoms with van der Waals surface area (Å²) in [5.41, 5.74) is 7.82. The first-order chi connectivity index (χ1) is 9.94. The van der Waals surface area contributed by atoms with Gasteiger partial charge in [0, 0.05) is 12.2 Å². The van der Waals surface area contributed by atoms with Gasteiger partial charge in [0.1, 0.15) is 5.82 Å². The van der Waals surface area contributed by atoms with Crippen molar-refractivity contribution in [2.75, 3.05) is 12.3 Å². The number of benzene rings is 2. The SMILES string of the molecule is Nc1ccc(CCNS(=O)(=O)Cc2ccc(F)cc2)cc1. The first kappa shape index (κ1) is 15.5. The van der Waals surface area contributed by atoms with Crippen LogP contribution < -0.4 is 10.5 Å². The van der Waals surface area contributed by atoms with Crippen LogP contribution in [0.1, 0.15) is 11.1 Å². The number of nitrogen functional groups attached to an aromatic ring is 1. The molecule has 2 rings (SSSR count). The van der Waals surface area contributed by atoms with E-state index in [1.807, 2.05) is 12.1 Å². The van der Waals surface area contributed by atoms with Crippen LogP contribution in [0.3, 0.4) is 0 Å². The minimum Gasteiger partial charge on any atom is -0.399 e. The molecule has 112 valence electrons. The van der Waals surface area contributed by atoms with Crippen molar-refractivity contribution in [1.82, 2.24) is 4.72 Å². The molecule has 4 nitrogen and oxygen atoms in total. The van der Waals surface area contributed by atoms with Crippen molar-refractivity contribution in [3.8, 4) is 0 Å². The lowest BCUT2D eigenvalue weighted by Gasteiger charge is -2.07. The van der Waals surface area contributed by atoms with Gasteiger partial charge in [-0.05, 0) is 41.8 Å². The zero-order valence-corrected chi connectivity index (χ0v) is 12.2. The lowest BCUT2D eigenvalue weighted by Crippen LogP contribution is -2.27. The number of halogens is 1. The monoisotopic (exact) mass is 308 g/mol. The number of hydrogen-bond acceptors (Lipinski definition) is 3. The van der Waals surface area contributed by atoms with Crippen LogP contribution in [0.2, 0.25) is 0 Å². The number of rotatable bonds is 6. The molecule has 6 heteroatoms. The number of sulfonamides is 1. The number of nitrogens with two attached hydrogens (primary N) is 1. The Morgan fingerprint density at radius 3 is 2.14 bits per heavy atom. The number of hydrogen-bond donors (Lipinski definition) is 2. The Kier molecular flexibility index (Phi) is 4.93. The standard InChI is InChI=1S/C15H17FN2O2S/c16-14-5-1-13(2-6-14)11-21(19,20)18-10-9-12-3-7-15(17)8-4-12/h1-8,18H,9-11,17H2. The molecule has 0 aliphatic carbocycles. The van der Waals surface area contributed by atoms with Crippen molar-refractivity contribution >= 4 is 15.7 Å². The Bertz CT molecular complexity index is 683. The maximum absolute atomic E-state index is 12.8. The molecule has 0 atom stereocenters. The predicted molar refractivity (Wildman–Crippen MR) is 81.6 cm³/mol. The van der Waals surface area contributed by atoms with Crippen molar-refractivity contribution in [1.29, 1.82) is 0 Å². The van der Waals surface area contributed by atoms with E-state index in [0.717, 1.165) is 5.56 Å². The summed E-state index contributed by atoms with van der Waals surface area (Å²) < 4.78 is 39.1. The van der Waals surface area contributed by atoms with Gasteiger partial charge in [-0.25, -0.2) is 17.5 Å². The molecule has 2 aromatic carbocycles. The molecule has 0 spiro atoms. The van der Waals surface area contributed by atoms with Crippen LogP contribution in [0.4, 0.5) is 10.1 Å². The van der Waals surface area contributed by atoms with E-state index in [9.17, 15) is 12.8 Å². The molecule has 0 saturated heterocycles. The van der Waals surface area contributed by atoms with Crippen LogP contribution in [-0.4, -0.2) is 15.0 Å². The quantitative estimate of drug-likeness (QED) is 0.802. The van der Waals surface area contributed by atoms with E-state index in [2.05, 4.69) is 4.72 Å². The minimum atomic E-state index is -3.42. The second-order valence-corrected chi connectivity index (χ2v) is 6.58. The molecule has 3 N–H and O–H groups in total. The third-order valence-corrected chi connectivity index (χ3v) is 4.34. The van der Waals surface area contributed by atoms with Gasteiger partial charge in [-0.15, -0.1) is 0 Å². The van der Waals surface area contributed by atoms with Gasteiger partial charge in [-0.1, -0.05) is 24.3 Å². The van der Waals surface area contributed by atoms with Crippen LogP contribution in [0.25, 0.3) is 0 Å². The van der Waals surface area contributed by atoms with Crippen molar-refractivity contribution in [3.63, 3.8) is 0 Å². The molecule has 0 fully saturated rings. The van der Waals surface area contributed by atoms with E-state index in [1.165, 1.54) is 24.3 Å². The summed E-state index contributed by atoms with van der Waals surface area (Å²) in [5, 5.41) is 0. The summed E-state index contributed by atoms with van der Waals surface area (Å²) in [6.45, 7) is 0.313. The molecule has 0 saturated carbocycles. The molecule has 0 aliphatic heterocycles. The van der Waals surface area contributed by atoms with Crippen LogP contribution in [0, 0.1) is 5.82 Å². The van der Waals surface area contributed by atoms with Crippen molar-refractivity contribution in [2.24, 2.45) is 0 Å². The van der Waals surface area contributed by atoms with Crippen LogP contribution in [-0.2, 0) is 22.2 Å². The third kappa shape index (κ3) is 5.17. The van der Waals surface area contributed by atoms with Gasteiger partial charge < -0.3 is 5.73 Å². The summed E-state index contributed by atoms with van der Waals surface area (Å²) in [5.74, 6) is -0.540. The minimum absolute atomic E-state index is 0.158. The first-order valence-corrected chi connectivity index (χ1v) is 8.16. The van der Waals surface area contributed by atoms with E-state index in [0.29, 0.717) is 24.2 Å². The van der Waals surface area contributed by atoms with Crippen molar-refractivity contribution in [2.45, 2.75) is 12.2 Å². The fourth-order valence-corrected chi connectivity index (χ4v) is 3.03. The highest BCUT2D eigenvalue weighted by Crippen LogP contribution is 2.08. The summed E-state index contributed by atoms with van der Waals surface area (Å²) in [4.78, 5) is 0. The number of anilines is 1. The van der Waals surface area contributed by atoms with E-state index < -0.39 is 10.0 Å². The largest absolute Gasteiger partial charge is 0.399 e. The summed E-state index contributed by atoms with van der Waals surface area (Å²) in [6, 6.07) is 12.7. The molecule has 21 heavy (non-hydrogen) atoms. The van der Waals surface area contributed by atoms with E-state index >= 15 is 0 Å². The summed E-state index contributed by atoms with van der Waals surface area (Å²) in [7, 11) is -3.42. The van der Waals surface area contributed by atoms with Gasteiger partial charge in [0.05, 0.1) is 5.75 Å². The Labute approximate surface area is 123 Å². The van der Waals surface area contributed by atoms with Gasteiger partial charge in [0.25, 0.3) is 0 Å². The lowest BCUT2D eigenvalue weighted by molar-refractivity contribution is 0.580. The van der Waals surface area contributed by atoms with Gasteiger partial charge in [0.2, 0.25) is 10.0 Å². The highest BCUT2D eigenvalue weighted by atomic mass is 32.2. The van der Waals surface area contributed by atoms with Crippen LogP contribution >= 0.6 is 0 Å². The second-order valence-electron chi connectivity index (χ2n) is 4.77. The molecule has 2 aromatic rings. The smallest absolute Gasteiger partial charge is 0.215 e. The van der Waals surface area contributed by atoms with Crippen LogP contribution in [0.15, 0.2) is 48.5 Å². The van der Waals surface area contributed by atoms with E-state index in [4.69, 9.17) is 5.73 Å². The Hall–Kier alpha value is -1.92. The molecule has 0 amide bonds. The van der Waals surface area contributed by atoms with E-state index in [-0.39, 0.29) is 11.6 Å². The second kappa shape index (κ2) is 6.69. The van der Waals surface area contributed by atoms with Gasteiger partial charge in [-0.3, -0.25) is 0 Å². The topological polar surface area (TPSA) is 72.2 Å².